The summed E-state index contributed by atoms with van der Waals surface area (Å²) in [4.78, 5) is 26.1. The summed E-state index contributed by atoms with van der Waals surface area (Å²) in [6.07, 6.45) is 1.89. The Morgan fingerprint density at radius 2 is 1.82 bits per heavy atom. The Labute approximate surface area is 226 Å². The fourth-order valence-electron chi connectivity index (χ4n) is 3.96. The maximum absolute atomic E-state index is 13.2. The van der Waals surface area contributed by atoms with Crippen molar-refractivity contribution in [1.29, 1.82) is 0 Å². The number of nitrogens with one attached hydrogen (secondary N) is 1. The lowest BCUT2D eigenvalue weighted by molar-refractivity contribution is -0.155. The third kappa shape index (κ3) is 6.32. The predicted molar refractivity (Wildman–Crippen MR) is 142 cm³/mol. The average Bonchev–Trinajstić information content (AvgIpc) is 3.57. The Hall–Kier alpha value is -3.47. The lowest BCUT2D eigenvalue weighted by Gasteiger charge is -2.22. The number of carbonyl (C=O) groups is 2. The highest BCUT2D eigenvalue weighted by molar-refractivity contribution is 7.89. The van der Waals surface area contributed by atoms with Crippen molar-refractivity contribution >= 4 is 39.2 Å². The second kappa shape index (κ2) is 11.5. The number of esters is 1. The fraction of sp³-hybridized carbons (Fsp3) is 0.296. The van der Waals surface area contributed by atoms with E-state index in [1.165, 1.54) is 23.4 Å². The van der Waals surface area contributed by atoms with Gasteiger partial charge < -0.3 is 9.15 Å². The maximum atomic E-state index is 13.2. The topological polar surface area (TPSA) is 118 Å². The van der Waals surface area contributed by atoms with E-state index in [4.69, 9.17) is 20.8 Å². The van der Waals surface area contributed by atoms with E-state index in [1.807, 2.05) is 19.1 Å². The highest BCUT2D eigenvalue weighted by Crippen LogP contribution is 2.33. The first-order chi connectivity index (χ1) is 18.0. The minimum Gasteiger partial charge on any atom is -0.467 e. The SMILES string of the molecule is Cc1ccc(S(=O)(=O)N[C@H](C(=O)OCC(=O)N2N=C(c3ccc(Cl)cc3)CC2c2ccco2)C(C)C)cc1. The highest BCUT2D eigenvalue weighted by Gasteiger charge is 2.36. The molecular formula is C27H28ClN3O6S. The molecule has 1 amide bonds. The van der Waals surface area contributed by atoms with Crippen LogP contribution in [0, 0.1) is 12.8 Å². The van der Waals surface area contributed by atoms with Gasteiger partial charge in [-0.05, 0) is 54.8 Å². The summed E-state index contributed by atoms with van der Waals surface area (Å²) in [6.45, 7) is 4.58. The lowest BCUT2D eigenvalue weighted by Crippen LogP contribution is -2.46. The van der Waals surface area contributed by atoms with E-state index in [0.717, 1.165) is 11.1 Å². The molecule has 38 heavy (non-hydrogen) atoms. The molecule has 1 unspecified atom stereocenters. The molecule has 3 aromatic rings. The second-order valence-corrected chi connectivity index (χ2v) is 11.4. The zero-order chi connectivity index (χ0) is 27.4. The number of hydrogen-bond donors (Lipinski definition) is 1. The number of benzene rings is 2. The van der Waals surface area contributed by atoms with Crippen molar-refractivity contribution in [1.82, 2.24) is 9.73 Å². The van der Waals surface area contributed by atoms with Crippen LogP contribution in [0.4, 0.5) is 0 Å². The number of hydrogen-bond acceptors (Lipinski definition) is 7. The molecule has 0 bridgehead atoms. The zero-order valence-electron chi connectivity index (χ0n) is 21.1. The molecule has 0 saturated carbocycles. The molecule has 0 spiro atoms. The van der Waals surface area contributed by atoms with Gasteiger partial charge in [0.25, 0.3) is 5.91 Å². The molecule has 0 saturated heterocycles. The number of furan rings is 1. The number of carbonyl (C=O) groups excluding carboxylic acids is 2. The molecule has 0 fully saturated rings. The first kappa shape index (κ1) is 27.6. The zero-order valence-corrected chi connectivity index (χ0v) is 22.7. The molecule has 1 N–H and O–H groups in total. The molecule has 200 valence electrons. The molecule has 9 nitrogen and oxygen atoms in total. The van der Waals surface area contributed by atoms with Crippen LogP contribution in [0.5, 0.6) is 0 Å². The van der Waals surface area contributed by atoms with Gasteiger partial charge in [-0.15, -0.1) is 0 Å². The van der Waals surface area contributed by atoms with Crippen molar-refractivity contribution in [2.24, 2.45) is 11.0 Å². The molecule has 0 aliphatic carbocycles. The van der Waals surface area contributed by atoms with Gasteiger partial charge in [0.1, 0.15) is 17.8 Å². The standard InChI is InChI=1S/C27H28ClN3O6S/c1-17(2)26(30-38(34,35)21-12-6-18(3)7-13-21)27(33)37-16-25(32)31-23(24-5-4-14-36-24)15-22(29-31)19-8-10-20(28)11-9-19/h4-14,17,23,26,30H,15-16H2,1-3H3/t23?,26-/m0/s1. The molecule has 1 aliphatic heterocycles. The Kier molecular flexibility index (Phi) is 8.35. The van der Waals surface area contributed by atoms with E-state index in [0.29, 0.717) is 22.9 Å². The summed E-state index contributed by atoms with van der Waals surface area (Å²) in [5.41, 5.74) is 2.34. The predicted octanol–water partition coefficient (Wildman–Crippen LogP) is 4.47. The minimum atomic E-state index is -3.99. The van der Waals surface area contributed by atoms with Crippen LogP contribution in [0.2, 0.25) is 5.02 Å². The van der Waals surface area contributed by atoms with Crippen LogP contribution < -0.4 is 4.72 Å². The fourth-order valence-corrected chi connectivity index (χ4v) is 5.42. The summed E-state index contributed by atoms with van der Waals surface area (Å²) < 4.78 is 38.9. The molecule has 1 aliphatic rings. The van der Waals surface area contributed by atoms with E-state index < -0.39 is 46.5 Å². The first-order valence-corrected chi connectivity index (χ1v) is 13.9. The third-order valence-electron chi connectivity index (χ3n) is 6.09. The normalized spacial score (nSPS) is 16.4. The van der Waals surface area contributed by atoms with E-state index in [1.54, 1.807) is 50.2 Å². The molecule has 2 heterocycles. The van der Waals surface area contributed by atoms with Crippen LogP contribution >= 0.6 is 11.6 Å². The van der Waals surface area contributed by atoms with Crippen molar-refractivity contribution in [2.75, 3.05) is 6.61 Å². The monoisotopic (exact) mass is 557 g/mol. The maximum Gasteiger partial charge on any atom is 0.324 e. The molecule has 2 aromatic carbocycles. The Morgan fingerprint density at radius 1 is 1.13 bits per heavy atom. The van der Waals surface area contributed by atoms with Gasteiger partial charge in [-0.3, -0.25) is 9.59 Å². The van der Waals surface area contributed by atoms with Crippen LogP contribution in [-0.2, 0) is 24.3 Å². The summed E-state index contributed by atoms with van der Waals surface area (Å²) in [5.74, 6) is -1.34. The number of aryl methyl sites for hydroxylation is 1. The van der Waals surface area contributed by atoms with Gasteiger partial charge in [0.15, 0.2) is 6.61 Å². The van der Waals surface area contributed by atoms with Crippen molar-refractivity contribution in [3.8, 4) is 0 Å². The van der Waals surface area contributed by atoms with Crippen LogP contribution in [0.25, 0.3) is 0 Å². The lowest BCUT2D eigenvalue weighted by atomic mass is 10.0. The molecular weight excluding hydrogens is 530 g/mol. The number of nitrogens with zero attached hydrogens (tertiary/aromatic N) is 2. The van der Waals surface area contributed by atoms with Gasteiger partial charge in [0.05, 0.1) is 16.9 Å². The summed E-state index contributed by atoms with van der Waals surface area (Å²) in [6, 6.07) is 15.1. The van der Waals surface area contributed by atoms with Crippen LogP contribution in [0.3, 0.4) is 0 Å². The van der Waals surface area contributed by atoms with Gasteiger partial charge in [0.2, 0.25) is 10.0 Å². The Bertz CT molecular complexity index is 1420. The van der Waals surface area contributed by atoms with Gasteiger partial charge in [0, 0.05) is 11.4 Å². The van der Waals surface area contributed by atoms with E-state index in [9.17, 15) is 18.0 Å². The number of hydrazone groups is 1. The minimum absolute atomic E-state index is 0.0278. The van der Waals surface area contributed by atoms with Crippen LogP contribution in [0.15, 0.2) is 81.3 Å². The van der Waals surface area contributed by atoms with Crippen molar-refractivity contribution in [2.45, 2.75) is 44.2 Å². The smallest absolute Gasteiger partial charge is 0.324 e. The van der Waals surface area contributed by atoms with Gasteiger partial charge in [-0.1, -0.05) is 55.3 Å². The molecule has 4 rings (SSSR count). The number of rotatable bonds is 9. The number of amides is 1. The third-order valence-corrected chi connectivity index (χ3v) is 7.80. The van der Waals surface area contributed by atoms with Crippen molar-refractivity contribution < 1.29 is 27.2 Å². The van der Waals surface area contributed by atoms with Crippen LogP contribution in [0.1, 0.15) is 43.2 Å². The molecule has 11 heteroatoms. The summed E-state index contributed by atoms with van der Waals surface area (Å²) >= 11 is 6.00. The van der Waals surface area contributed by atoms with E-state index in [2.05, 4.69) is 9.82 Å². The Balaban J connectivity index is 1.47. The summed E-state index contributed by atoms with van der Waals surface area (Å²) in [5, 5.41) is 6.29. The summed E-state index contributed by atoms with van der Waals surface area (Å²) in [7, 11) is -3.99. The van der Waals surface area contributed by atoms with Crippen LogP contribution in [-0.4, -0.2) is 43.7 Å². The number of halogens is 1. The van der Waals surface area contributed by atoms with Gasteiger partial charge in [-0.2, -0.15) is 9.82 Å². The first-order valence-electron chi connectivity index (χ1n) is 12.0. The largest absolute Gasteiger partial charge is 0.467 e. The Morgan fingerprint density at radius 3 is 2.42 bits per heavy atom. The van der Waals surface area contributed by atoms with Crippen molar-refractivity contribution in [3.05, 3.63) is 88.8 Å². The quantitative estimate of drug-likeness (QED) is 0.388. The molecule has 2 atom stereocenters. The molecule has 1 aromatic heterocycles. The van der Waals surface area contributed by atoms with Gasteiger partial charge >= 0.3 is 5.97 Å². The van der Waals surface area contributed by atoms with E-state index >= 15 is 0 Å². The van der Waals surface area contributed by atoms with Crippen molar-refractivity contribution in [3.63, 3.8) is 0 Å². The highest BCUT2D eigenvalue weighted by atomic mass is 35.5. The second-order valence-electron chi connectivity index (χ2n) is 9.29. The number of sulfonamides is 1. The van der Waals surface area contributed by atoms with E-state index in [-0.39, 0.29) is 4.90 Å². The average molecular weight is 558 g/mol. The number of ether oxygens (including phenoxy) is 1. The van der Waals surface area contributed by atoms with Gasteiger partial charge in [-0.25, -0.2) is 13.4 Å². The molecule has 0 radical (unpaired) electrons.